The molecule has 114 valence electrons. The number of rotatable bonds is 7. The third kappa shape index (κ3) is 3.35. The molecule has 1 saturated carbocycles. The number of aliphatic hydroxyl groups is 2. The summed E-state index contributed by atoms with van der Waals surface area (Å²) in [6.07, 6.45) is 16.3. The largest absolute Gasteiger partial charge is 0.393 e. The van der Waals surface area contributed by atoms with Crippen LogP contribution in [0.4, 0.5) is 0 Å². The molecule has 0 aromatic rings. The van der Waals surface area contributed by atoms with Crippen LogP contribution in [0.25, 0.3) is 0 Å². The summed E-state index contributed by atoms with van der Waals surface area (Å²) in [7, 11) is 0. The smallest absolute Gasteiger partial charge is 0.0679 e. The van der Waals surface area contributed by atoms with Crippen LogP contribution in [-0.4, -0.2) is 21.9 Å². The van der Waals surface area contributed by atoms with Gasteiger partial charge in [0.15, 0.2) is 0 Å². The summed E-state index contributed by atoms with van der Waals surface area (Å²) in [6, 6.07) is 0. The van der Waals surface area contributed by atoms with Crippen LogP contribution in [0.5, 0.6) is 0 Å². The van der Waals surface area contributed by atoms with E-state index in [2.05, 4.69) is 38.2 Å². The molecule has 0 aromatic carbocycles. The fraction of sp³-hybridized carbons (Fsp3) is 0.778. The molecule has 2 aliphatic carbocycles. The Hall–Kier alpha value is -0.600. The van der Waals surface area contributed by atoms with Gasteiger partial charge >= 0.3 is 0 Å². The number of aliphatic hydroxyl groups excluding tert-OH is 1. The quantitative estimate of drug-likeness (QED) is 0.691. The molecule has 20 heavy (non-hydrogen) atoms. The van der Waals surface area contributed by atoms with Crippen LogP contribution in [0.1, 0.15) is 65.2 Å². The van der Waals surface area contributed by atoms with Crippen molar-refractivity contribution in [3.63, 3.8) is 0 Å². The van der Waals surface area contributed by atoms with Crippen LogP contribution in [0.3, 0.4) is 0 Å². The van der Waals surface area contributed by atoms with Gasteiger partial charge in [-0.1, -0.05) is 51.0 Å². The SMILES string of the molecule is CCCC[C@@](O)(CC)C/C=C/C12C=CCC1CC(O)C2. The number of fused-ring (bicyclic) bond motifs is 1. The zero-order valence-electron chi connectivity index (χ0n) is 13.0. The second kappa shape index (κ2) is 6.44. The van der Waals surface area contributed by atoms with E-state index in [0.29, 0.717) is 5.92 Å². The Bertz CT molecular complexity index is 374. The molecule has 0 heterocycles. The van der Waals surface area contributed by atoms with Gasteiger partial charge in [-0.2, -0.15) is 0 Å². The highest BCUT2D eigenvalue weighted by Gasteiger charge is 2.45. The van der Waals surface area contributed by atoms with Crippen molar-refractivity contribution in [2.45, 2.75) is 76.9 Å². The fourth-order valence-electron chi connectivity index (χ4n) is 3.86. The zero-order chi connectivity index (χ0) is 14.6. The van der Waals surface area contributed by atoms with E-state index < -0.39 is 5.60 Å². The summed E-state index contributed by atoms with van der Waals surface area (Å²) in [5.74, 6) is 0.569. The highest BCUT2D eigenvalue weighted by molar-refractivity contribution is 5.23. The Morgan fingerprint density at radius 2 is 2.20 bits per heavy atom. The Balaban J connectivity index is 1.96. The second-order valence-corrected chi connectivity index (χ2v) is 6.83. The maximum atomic E-state index is 10.6. The van der Waals surface area contributed by atoms with Crippen LogP contribution in [0.15, 0.2) is 24.3 Å². The van der Waals surface area contributed by atoms with Gasteiger partial charge in [-0.15, -0.1) is 0 Å². The van der Waals surface area contributed by atoms with E-state index in [1.54, 1.807) is 0 Å². The summed E-state index contributed by atoms with van der Waals surface area (Å²) in [5, 5.41) is 20.5. The Morgan fingerprint density at radius 3 is 2.90 bits per heavy atom. The Morgan fingerprint density at radius 1 is 1.40 bits per heavy atom. The predicted molar refractivity (Wildman–Crippen MR) is 83.4 cm³/mol. The van der Waals surface area contributed by atoms with Gasteiger partial charge in [0.2, 0.25) is 0 Å². The van der Waals surface area contributed by atoms with Gasteiger partial charge in [0, 0.05) is 5.41 Å². The van der Waals surface area contributed by atoms with Crippen molar-refractivity contribution >= 4 is 0 Å². The predicted octanol–water partition coefficient (Wildman–Crippen LogP) is 3.98. The highest BCUT2D eigenvalue weighted by atomic mass is 16.3. The normalized spacial score (nSPS) is 35.6. The topological polar surface area (TPSA) is 40.5 Å². The summed E-state index contributed by atoms with van der Waals surface area (Å²) in [5.41, 5.74) is -0.475. The van der Waals surface area contributed by atoms with Crippen molar-refractivity contribution in [1.29, 1.82) is 0 Å². The van der Waals surface area contributed by atoms with E-state index in [-0.39, 0.29) is 11.5 Å². The maximum absolute atomic E-state index is 10.6. The number of hydrogen-bond acceptors (Lipinski definition) is 2. The molecular weight excluding hydrogens is 248 g/mol. The van der Waals surface area contributed by atoms with E-state index in [4.69, 9.17) is 0 Å². The monoisotopic (exact) mass is 278 g/mol. The van der Waals surface area contributed by atoms with Gasteiger partial charge in [-0.25, -0.2) is 0 Å². The van der Waals surface area contributed by atoms with E-state index in [1.165, 1.54) is 0 Å². The molecule has 0 bridgehead atoms. The van der Waals surface area contributed by atoms with Gasteiger partial charge in [0.05, 0.1) is 11.7 Å². The first kappa shape index (κ1) is 15.8. The van der Waals surface area contributed by atoms with Gasteiger partial charge in [0.1, 0.15) is 0 Å². The third-order valence-corrected chi connectivity index (χ3v) is 5.33. The minimum atomic E-state index is -0.543. The van der Waals surface area contributed by atoms with Crippen molar-refractivity contribution in [2.24, 2.45) is 11.3 Å². The Labute approximate surface area is 123 Å². The number of unbranched alkanes of at least 4 members (excludes halogenated alkanes) is 1. The standard InChI is InChI=1S/C18H30O2/c1-3-5-11-18(20,4-2)12-7-10-17-9-6-8-15(17)13-16(19)14-17/h6-7,9-10,15-16,19-20H,3-5,8,11-14H2,1-2H3/b10-7+/t15?,16?,17?,18-/m0/s1. The van der Waals surface area contributed by atoms with Crippen LogP contribution in [0, 0.1) is 11.3 Å². The average molecular weight is 278 g/mol. The van der Waals surface area contributed by atoms with E-state index in [9.17, 15) is 10.2 Å². The molecular formula is C18H30O2. The van der Waals surface area contributed by atoms with Crippen molar-refractivity contribution in [1.82, 2.24) is 0 Å². The molecule has 2 N–H and O–H groups in total. The first-order valence-corrected chi connectivity index (χ1v) is 8.29. The van der Waals surface area contributed by atoms with Gasteiger partial charge in [0.25, 0.3) is 0 Å². The molecule has 2 aliphatic rings. The van der Waals surface area contributed by atoms with Crippen molar-refractivity contribution in [3.8, 4) is 0 Å². The molecule has 0 aromatic heterocycles. The maximum Gasteiger partial charge on any atom is 0.0679 e. The second-order valence-electron chi connectivity index (χ2n) is 6.83. The molecule has 0 radical (unpaired) electrons. The van der Waals surface area contributed by atoms with Gasteiger partial charge in [-0.3, -0.25) is 0 Å². The van der Waals surface area contributed by atoms with Crippen molar-refractivity contribution in [3.05, 3.63) is 24.3 Å². The fourth-order valence-corrected chi connectivity index (χ4v) is 3.86. The van der Waals surface area contributed by atoms with Crippen LogP contribution in [-0.2, 0) is 0 Å². The summed E-state index contributed by atoms with van der Waals surface area (Å²) in [4.78, 5) is 0. The Kier molecular flexibility index (Phi) is 5.09. The summed E-state index contributed by atoms with van der Waals surface area (Å²) >= 11 is 0. The lowest BCUT2D eigenvalue weighted by molar-refractivity contribution is 0.0281. The molecule has 1 fully saturated rings. The number of allylic oxidation sites excluding steroid dienone is 3. The lowest BCUT2D eigenvalue weighted by atomic mass is 9.79. The summed E-state index contributed by atoms with van der Waals surface area (Å²) in [6.45, 7) is 4.23. The van der Waals surface area contributed by atoms with Crippen molar-refractivity contribution < 1.29 is 10.2 Å². The lowest BCUT2D eigenvalue weighted by Crippen LogP contribution is -2.27. The van der Waals surface area contributed by atoms with Gasteiger partial charge < -0.3 is 10.2 Å². The molecule has 2 heteroatoms. The molecule has 0 aliphatic heterocycles. The molecule has 4 atom stereocenters. The first-order chi connectivity index (χ1) is 9.53. The van der Waals surface area contributed by atoms with E-state index in [1.807, 2.05) is 0 Å². The molecule has 2 rings (SSSR count). The minimum absolute atomic E-state index is 0.0683. The third-order valence-electron chi connectivity index (χ3n) is 5.33. The number of hydrogen-bond donors (Lipinski definition) is 2. The van der Waals surface area contributed by atoms with Crippen LogP contribution < -0.4 is 0 Å². The van der Waals surface area contributed by atoms with E-state index in [0.717, 1.165) is 51.4 Å². The van der Waals surface area contributed by atoms with Crippen LogP contribution in [0.2, 0.25) is 0 Å². The van der Waals surface area contributed by atoms with Gasteiger partial charge in [-0.05, 0) is 44.4 Å². The molecule has 0 amide bonds. The van der Waals surface area contributed by atoms with Crippen LogP contribution >= 0.6 is 0 Å². The molecule has 0 spiro atoms. The first-order valence-electron chi connectivity index (χ1n) is 8.29. The minimum Gasteiger partial charge on any atom is -0.393 e. The molecule has 2 nitrogen and oxygen atoms in total. The zero-order valence-corrected chi connectivity index (χ0v) is 13.0. The van der Waals surface area contributed by atoms with E-state index >= 15 is 0 Å². The lowest BCUT2D eigenvalue weighted by Gasteiger charge is -2.27. The average Bonchev–Trinajstić information content (AvgIpc) is 2.92. The molecule has 0 saturated heterocycles. The highest BCUT2D eigenvalue weighted by Crippen LogP contribution is 2.51. The summed E-state index contributed by atoms with van der Waals surface area (Å²) < 4.78 is 0. The molecule has 3 unspecified atom stereocenters. The van der Waals surface area contributed by atoms with Crippen molar-refractivity contribution in [2.75, 3.05) is 0 Å².